The van der Waals surface area contributed by atoms with Crippen LogP contribution in [0.3, 0.4) is 0 Å². The Hall–Kier alpha value is -4.37. The lowest BCUT2D eigenvalue weighted by Crippen LogP contribution is -2.29. The second-order valence-corrected chi connectivity index (χ2v) is 11.9. The number of carbonyl (C=O) groups excluding carboxylic acids is 2. The summed E-state index contributed by atoms with van der Waals surface area (Å²) < 4.78 is 5.54. The number of ketones is 1. The number of hydrogen-bond acceptors (Lipinski definition) is 5. The molecule has 0 aliphatic carbocycles. The Morgan fingerprint density at radius 1 is 0.897 bits per heavy atom. The fourth-order valence-electron chi connectivity index (χ4n) is 4.87. The maximum atomic E-state index is 13.6. The van der Waals surface area contributed by atoms with E-state index in [1.165, 1.54) is 4.90 Å². The van der Waals surface area contributed by atoms with Crippen molar-refractivity contribution in [3.05, 3.63) is 100 Å². The number of rotatable bonds is 4. The summed E-state index contributed by atoms with van der Waals surface area (Å²) in [6.07, 6.45) is 0. The van der Waals surface area contributed by atoms with Crippen molar-refractivity contribution in [3.8, 4) is 11.8 Å². The number of anilines is 1. The van der Waals surface area contributed by atoms with Crippen LogP contribution in [-0.4, -0.2) is 23.9 Å². The van der Waals surface area contributed by atoms with Crippen molar-refractivity contribution in [2.75, 3.05) is 12.0 Å². The highest BCUT2D eigenvalue weighted by Gasteiger charge is 2.47. The molecule has 1 N–H and O–H groups in total. The van der Waals surface area contributed by atoms with Crippen molar-refractivity contribution < 1.29 is 19.4 Å². The largest absolute Gasteiger partial charge is 0.507 e. The molecule has 6 nitrogen and oxygen atoms in total. The van der Waals surface area contributed by atoms with Crippen molar-refractivity contribution in [3.63, 3.8) is 0 Å². The Labute approximate surface area is 230 Å². The van der Waals surface area contributed by atoms with E-state index in [0.717, 1.165) is 11.1 Å². The number of Topliss-reactive ketones (excluding diaryl/α,β-unsaturated/α-hetero) is 1. The molecule has 0 spiro atoms. The minimum atomic E-state index is -0.854. The van der Waals surface area contributed by atoms with Gasteiger partial charge in [0.2, 0.25) is 0 Å². The topological polar surface area (TPSA) is 90.6 Å². The number of methoxy groups -OCH3 is 1. The minimum absolute atomic E-state index is 0.0119. The molecule has 6 heteroatoms. The van der Waals surface area contributed by atoms with Gasteiger partial charge in [-0.25, -0.2) is 0 Å². The summed E-state index contributed by atoms with van der Waals surface area (Å²) in [5, 5.41) is 20.9. The Kier molecular flexibility index (Phi) is 7.14. The molecule has 1 amide bonds. The van der Waals surface area contributed by atoms with Gasteiger partial charge in [-0.1, -0.05) is 65.8 Å². The highest BCUT2D eigenvalue weighted by Crippen LogP contribution is 2.43. The quantitative estimate of drug-likeness (QED) is 0.231. The van der Waals surface area contributed by atoms with Gasteiger partial charge in [-0.2, -0.15) is 5.26 Å². The van der Waals surface area contributed by atoms with Crippen molar-refractivity contribution in [1.82, 2.24) is 0 Å². The number of carbonyl (C=O) groups is 2. The van der Waals surface area contributed by atoms with Gasteiger partial charge in [-0.15, -0.1) is 0 Å². The van der Waals surface area contributed by atoms with Crippen molar-refractivity contribution in [1.29, 1.82) is 5.26 Å². The molecule has 200 valence electrons. The second-order valence-electron chi connectivity index (χ2n) is 11.9. The average molecular weight is 523 g/mol. The smallest absolute Gasteiger partial charge is 0.300 e. The minimum Gasteiger partial charge on any atom is -0.507 e. The zero-order valence-corrected chi connectivity index (χ0v) is 23.5. The van der Waals surface area contributed by atoms with E-state index in [2.05, 4.69) is 26.8 Å². The predicted octanol–water partition coefficient (Wildman–Crippen LogP) is 6.79. The molecule has 1 saturated heterocycles. The van der Waals surface area contributed by atoms with Crippen LogP contribution in [0.2, 0.25) is 0 Å². The predicted molar refractivity (Wildman–Crippen MR) is 153 cm³/mol. The fraction of sp³-hybridized carbons (Fsp3) is 0.303. The van der Waals surface area contributed by atoms with E-state index in [9.17, 15) is 20.0 Å². The molecule has 1 heterocycles. The SMILES string of the molecule is COc1ccc(/C(O)=C2/C(=O)C(=O)N(c3ccc(C#N)cc3)C2c2ccc(C(C)(C)C)cc2)cc1C(C)(C)C. The monoisotopic (exact) mass is 522 g/mol. The van der Waals surface area contributed by atoms with Crippen LogP contribution in [0.4, 0.5) is 5.69 Å². The van der Waals surface area contributed by atoms with E-state index >= 15 is 0 Å². The molecule has 3 aromatic carbocycles. The summed E-state index contributed by atoms with van der Waals surface area (Å²) in [7, 11) is 1.59. The molecule has 0 bridgehead atoms. The normalized spacial score (nSPS) is 17.3. The fourth-order valence-corrected chi connectivity index (χ4v) is 4.87. The summed E-state index contributed by atoms with van der Waals surface area (Å²) in [4.78, 5) is 28.4. The zero-order chi connectivity index (χ0) is 28.7. The van der Waals surface area contributed by atoms with Crippen LogP contribution in [0.25, 0.3) is 5.76 Å². The van der Waals surface area contributed by atoms with Gasteiger partial charge in [-0.05, 0) is 64.4 Å². The molecular weight excluding hydrogens is 488 g/mol. The molecule has 0 aromatic heterocycles. The Morgan fingerprint density at radius 2 is 1.51 bits per heavy atom. The molecule has 39 heavy (non-hydrogen) atoms. The Balaban J connectivity index is 1.95. The summed E-state index contributed by atoms with van der Waals surface area (Å²) in [6.45, 7) is 12.4. The molecule has 1 unspecified atom stereocenters. The lowest BCUT2D eigenvalue weighted by Gasteiger charge is -2.27. The molecule has 1 atom stereocenters. The number of amides is 1. The zero-order valence-electron chi connectivity index (χ0n) is 23.5. The summed E-state index contributed by atoms with van der Waals surface area (Å²) in [5.41, 5.74) is 3.62. The number of aliphatic hydroxyl groups is 1. The van der Waals surface area contributed by atoms with Crippen molar-refractivity contribution >= 4 is 23.1 Å². The summed E-state index contributed by atoms with van der Waals surface area (Å²) >= 11 is 0. The first-order chi connectivity index (χ1) is 18.3. The number of nitriles is 1. The van der Waals surface area contributed by atoms with E-state index in [1.807, 2.05) is 51.1 Å². The van der Waals surface area contributed by atoms with Gasteiger partial charge in [0.15, 0.2) is 0 Å². The molecule has 1 aliphatic heterocycles. The van der Waals surface area contributed by atoms with Gasteiger partial charge in [-0.3, -0.25) is 14.5 Å². The Morgan fingerprint density at radius 3 is 2.03 bits per heavy atom. The average Bonchev–Trinajstić information content (AvgIpc) is 3.17. The highest BCUT2D eigenvalue weighted by molar-refractivity contribution is 6.51. The van der Waals surface area contributed by atoms with Crippen LogP contribution in [0.1, 0.15) is 75.4 Å². The van der Waals surface area contributed by atoms with Crippen LogP contribution in [-0.2, 0) is 20.4 Å². The number of ether oxygens (including phenoxy) is 1. The van der Waals surface area contributed by atoms with Gasteiger partial charge in [0.05, 0.1) is 30.4 Å². The molecule has 1 fully saturated rings. The summed E-state index contributed by atoms with van der Waals surface area (Å²) in [6, 6.07) is 20.7. The van der Waals surface area contributed by atoms with E-state index in [4.69, 9.17) is 4.74 Å². The second kappa shape index (κ2) is 10.1. The van der Waals surface area contributed by atoms with Crippen molar-refractivity contribution in [2.24, 2.45) is 0 Å². The molecule has 1 aliphatic rings. The van der Waals surface area contributed by atoms with Gasteiger partial charge in [0, 0.05) is 16.8 Å². The molecule has 4 rings (SSSR count). The molecule has 0 radical (unpaired) electrons. The van der Waals surface area contributed by atoms with Crippen LogP contribution in [0, 0.1) is 11.3 Å². The van der Waals surface area contributed by atoms with Crippen LogP contribution in [0.5, 0.6) is 5.75 Å². The third kappa shape index (κ3) is 5.18. The van der Waals surface area contributed by atoms with E-state index in [0.29, 0.717) is 28.1 Å². The van der Waals surface area contributed by atoms with Gasteiger partial charge in [0.1, 0.15) is 11.5 Å². The van der Waals surface area contributed by atoms with Gasteiger partial charge >= 0.3 is 0 Å². The summed E-state index contributed by atoms with van der Waals surface area (Å²) in [5.74, 6) is -1.08. The van der Waals surface area contributed by atoms with Gasteiger partial charge < -0.3 is 9.84 Å². The van der Waals surface area contributed by atoms with E-state index < -0.39 is 17.7 Å². The lowest BCUT2D eigenvalue weighted by molar-refractivity contribution is -0.132. The van der Waals surface area contributed by atoms with E-state index in [-0.39, 0.29) is 22.2 Å². The van der Waals surface area contributed by atoms with Crippen molar-refractivity contribution in [2.45, 2.75) is 58.4 Å². The van der Waals surface area contributed by atoms with Crippen LogP contribution < -0.4 is 9.64 Å². The first-order valence-corrected chi connectivity index (χ1v) is 12.9. The number of aliphatic hydroxyl groups excluding tert-OH is 1. The van der Waals surface area contributed by atoms with E-state index in [1.54, 1.807) is 43.5 Å². The van der Waals surface area contributed by atoms with Gasteiger partial charge in [0.25, 0.3) is 11.7 Å². The molecule has 0 saturated carbocycles. The Bertz CT molecular complexity index is 1500. The maximum Gasteiger partial charge on any atom is 0.300 e. The third-order valence-electron chi connectivity index (χ3n) is 7.09. The molecular formula is C33H34N2O4. The first-order valence-electron chi connectivity index (χ1n) is 12.9. The molecule has 3 aromatic rings. The number of nitrogens with zero attached hydrogens (tertiary/aromatic N) is 2. The highest BCUT2D eigenvalue weighted by atomic mass is 16.5. The lowest BCUT2D eigenvalue weighted by atomic mass is 9.84. The third-order valence-corrected chi connectivity index (χ3v) is 7.09. The van der Waals surface area contributed by atoms with Crippen LogP contribution >= 0.6 is 0 Å². The number of hydrogen-bond donors (Lipinski definition) is 1. The standard InChI is InChI=1S/C33H34N2O4/c1-32(2,3)23-13-10-21(11-14-23)28-27(29(36)22-12-17-26(39-7)25(18-22)33(4,5)6)30(37)31(38)35(28)24-15-8-20(19-34)9-16-24/h8-18,28,36H,1-7H3/b29-27-. The first kappa shape index (κ1) is 27.7. The number of benzene rings is 3. The maximum absolute atomic E-state index is 13.6. The van der Waals surface area contributed by atoms with Crippen LogP contribution in [0.15, 0.2) is 72.3 Å².